The van der Waals surface area contributed by atoms with Crippen molar-refractivity contribution in [2.75, 3.05) is 13.1 Å². The molecule has 0 atom stereocenters. The van der Waals surface area contributed by atoms with Gasteiger partial charge in [0.2, 0.25) is 0 Å². The van der Waals surface area contributed by atoms with Crippen LogP contribution in [0, 0.1) is 0 Å². The molecule has 6 heteroatoms. The average molecular weight is 279 g/mol. The predicted octanol–water partition coefficient (Wildman–Crippen LogP) is 1.01. The van der Waals surface area contributed by atoms with E-state index in [-0.39, 0.29) is 18.3 Å². The quantitative estimate of drug-likeness (QED) is 0.324. The zero-order valence-corrected chi connectivity index (χ0v) is 12.0. The Labute approximate surface area is 118 Å². The Morgan fingerprint density at radius 2 is 1.80 bits per heavy atom. The van der Waals surface area contributed by atoms with Crippen LogP contribution < -0.4 is 5.73 Å². The molecule has 1 aromatic carbocycles. The molecule has 1 rings (SSSR count). The summed E-state index contributed by atoms with van der Waals surface area (Å²) in [4.78, 5) is 13.9. The van der Waals surface area contributed by atoms with Crippen molar-refractivity contribution in [1.82, 2.24) is 4.90 Å². The molecule has 0 unspecified atom stereocenters. The summed E-state index contributed by atoms with van der Waals surface area (Å²) in [5, 5.41) is 21.3. The minimum absolute atomic E-state index is 0.00663. The molecule has 6 nitrogen and oxygen atoms in total. The summed E-state index contributed by atoms with van der Waals surface area (Å²) >= 11 is 0. The molecule has 0 aromatic heterocycles. The summed E-state index contributed by atoms with van der Waals surface area (Å²) in [7, 11) is 0. The van der Waals surface area contributed by atoms with Gasteiger partial charge in [-0.15, -0.1) is 0 Å². The zero-order chi connectivity index (χ0) is 15.3. The highest BCUT2D eigenvalue weighted by Crippen LogP contribution is 2.11. The standard InChI is InChI=1S/C14H21N3O3/c1-4-17(9-14(2,3)19)13(18)11-7-5-10(6-8-11)12(15)16-20/h5-8,19-20H,4,9H2,1-3H3,(H2,15,16). The number of carbonyl (C=O) groups is 1. The highest BCUT2D eigenvalue weighted by atomic mass is 16.4. The lowest BCUT2D eigenvalue weighted by atomic mass is 10.1. The third-order valence-electron chi connectivity index (χ3n) is 2.78. The molecule has 0 spiro atoms. The molecule has 0 aliphatic heterocycles. The SMILES string of the molecule is CCN(CC(C)(C)O)C(=O)c1ccc(C(N)=NO)cc1. The second-order valence-electron chi connectivity index (χ2n) is 5.19. The molecule has 0 aliphatic rings. The van der Waals surface area contributed by atoms with Crippen LogP contribution in [0.3, 0.4) is 0 Å². The number of amides is 1. The zero-order valence-electron chi connectivity index (χ0n) is 12.0. The fraction of sp³-hybridized carbons (Fsp3) is 0.429. The summed E-state index contributed by atoms with van der Waals surface area (Å²) in [5.74, 6) is -0.173. The third kappa shape index (κ3) is 4.24. The fourth-order valence-corrected chi connectivity index (χ4v) is 1.82. The van der Waals surface area contributed by atoms with Gasteiger partial charge >= 0.3 is 0 Å². The number of rotatable bonds is 5. The molecule has 0 aliphatic carbocycles. The van der Waals surface area contributed by atoms with E-state index in [1.54, 1.807) is 43.0 Å². The molecule has 0 radical (unpaired) electrons. The van der Waals surface area contributed by atoms with Gasteiger partial charge < -0.3 is 20.9 Å². The summed E-state index contributed by atoms with van der Waals surface area (Å²) in [5.41, 5.74) is 5.54. The maximum absolute atomic E-state index is 12.3. The molecule has 0 bridgehead atoms. The van der Waals surface area contributed by atoms with Gasteiger partial charge in [-0.2, -0.15) is 0 Å². The highest BCUT2D eigenvalue weighted by Gasteiger charge is 2.22. The van der Waals surface area contributed by atoms with Crippen LogP contribution in [0.5, 0.6) is 0 Å². The number of hydrogen-bond acceptors (Lipinski definition) is 4. The molecule has 20 heavy (non-hydrogen) atoms. The van der Waals surface area contributed by atoms with Crippen LogP contribution >= 0.6 is 0 Å². The van der Waals surface area contributed by atoms with Crippen LogP contribution in [-0.2, 0) is 0 Å². The van der Waals surface area contributed by atoms with Crippen LogP contribution in [-0.4, -0.2) is 45.6 Å². The maximum Gasteiger partial charge on any atom is 0.253 e. The summed E-state index contributed by atoms with van der Waals surface area (Å²) < 4.78 is 0. The van der Waals surface area contributed by atoms with Crippen molar-refractivity contribution in [3.63, 3.8) is 0 Å². The summed E-state index contributed by atoms with van der Waals surface area (Å²) in [6.45, 7) is 5.93. The first-order valence-corrected chi connectivity index (χ1v) is 6.38. The molecule has 0 fully saturated rings. The number of likely N-dealkylation sites (N-methyl/N-ethyl adjacent to an activating group) is 1. The predicted molar refractivity (Wildman–Crippen MR) is 76.8 cm³/mol. The van der Waals surface area contributed by atoms with E-state index in [1.807, 2.05) is 6.92 Å². The number of amidine groups is 1. The normalized spacial score (nSPS) is 12.3. The van der Waals surface area contributed by atoms with E-state index in [0.717, 1.165) is 0 Å². The Morgan fingerprint density at radius 3 is 2.20 bits per heavy atom. The number of benzene rings is 1. The highest BCUT2D eigenvalue weighted by molar-refractivity contribution is 5.99. The fourth-order valence-electron chi connectivity index (χ4n) is 1.82. The van der Waals surface area contributed by atoms with E-state index in [1.165, 1.54) is 0 Å². The van der Waals surface area contributed by atoms with Crippen LogP contribution in [0.1, 0.15) is 36.7 Å². The summed E-state index contributed by atoms with van der Waals surface area (Å²) in [6.07, 6.45) is 0. The van der Waals surface area contributed by atoms with E-state index in [4.69, 9.17) is 10.9 Å². The molecule has 0 heterocycles. The van der Waals surface area contributed by atoms with Crippen molar-refractivity contribution in [3.8, 4) is 0 Å². The lowest BCUT2D eigenvalue weighted by Gasteiger charge is -2.28. The first-order chi connectivity index (χ1) is 9.28. The number of carbonyl (C=O) groups excluding carboxylic acids is 1. The van der Waals surface area contributed by atoms with Crippen molar-refractivity contribution in [3.05, 3.63) is 35.4 Å². The Kier molecular flexibility index (Phi) is 5.10. The van der Waals surface area contributed by atoms with Crippen LogP contribution in [0.2, 0.25) is 0 Å². The monoisotopic (exact) mass is 279 g/mol. The van der Waals surface area contributed by atoms with E-state index < -0.39 is 5.60 Å². The minimum atomic E-state index is -0.945. The smallest absolute Gasteiger partial charge is 0.253 e. The lowest BCUT2D eigenvalue weighted by Crippen LogP contribution is -2.42. The van der Waals surface area contributed by atoms with Gasteiger partial charge in [-0.1, -0.05) is 17.3 Å². The topological polar surface area (TPSA) is 99.2 Å². The minimum Gasteiger partial charge on any atom is -0.409 e. The molecule has 1 aromatic rings. The van der Waals surface area contributed by atoms with Gasteiger partial charge in [0, 0.05) is 24.2 Å². The molecule has 0 saturated heterocycles. The van der Waals surface area contributed by atoms with E-state index in [0.29, 0.717) is 17.7 Å². The number of aliphatic hydroxyl groups is 1. The number of hydrogen-bond donors (Lipinski definition) is 3. The number of nitrogens with zero attached hydrogens (tertiary/aromatic N) is 2. The molecule has 110 valence electrons. The van der Waals surface area contributed by atoms with Gasteiger partial charge in [0.1, 0.15) is 0 Å². The second-order valence-corrected chi connectivity index (χ2v) is 5.19. The Hall–Kier alpha value is -2.08. The summed E-state index contributed by atoms with van der Waals surface area (Å²) in [6, 6.07) is 6.45. The molecule has 1 amide bonds. The Morgan fingerprint density at radius 1 is 1.30 bits per heavy atom. The van der Waals surface area contributed by atoms with Crippen molar-refractivity contribution >= 4 is 11.7 Å². The Bertz CT molecular complexity index is 489. The maximum atomic E-state index is 12.3. The van der Waals surface area contributed by atoms with Crippen molar-refractivity contribution in [2.45, 2.75) is 26.4 Å². The Balaban J connectivity index is 2.91. The third-order valence-corrected chi connectivity index (χ3v) is 2.78. The van der Waals surface area contributed by atoms with Crippen molar-refractivity contribution < 1.29 is 15.1 Å². The lowest BCUT2D eigenvalue weighted by molar-refractivity contribution is 0.0314. The van der Waals surface area contributed by atoms with Gasteiger partial charge in [0.05, 0.1) is 5.60 Å². The second kappa shape index (κ2) is 6.38. The van der Waals surface area contributed by atoms with Crippen molar-refractivity contribution in [1.29, 1.82) is 0 Å². The molecular formula is C14H21N3O3. The van der Waals surface area contributed by atoms with Crippen LogP contribution in [0.4, 0.5) is 0 Å². The van der Waals surface area contributed by atoms with Crippen LogP contribution in [0.15, 0.2) is 29.4 Å². The average Bonchev–Trinajstić information content (AvgIpc) is 2.42. The van der Waals surface area contributed by atoms with Gasteiger partial charge in [-0.3, -0.25) is 4.79 Å². The molecule has 0 saturated carbocycles. The number of nitrogens with two attached hydrogens (primary N) is 1. The number of oxime groups is 1. The van der Waals surface area contributed by atoms with E-state index in [9.17, 15) is 9.90 Å². The van der Waals surface area contributed by atoms with Gasteiger partial charge in [0.25, 0.3) is 5.91 Å². The van der Waals surface area contributed by atoms with Gasteiger partial charge in [0.15, 0.2) is 5.84 Å². The van der Waals surface area contributed by atoms with Crippen LogP contribution in [0.25, 0.3) is 0 Å². The first kappa shape index (κ1) is 16.0. The van der Waals surface area contributed by atoms with Gasteiger partial charge in [-0.05, 0) is 32.9 Å². The molecule has 4 N–H and O–H groups in total. The van der Waals surface area contributed by atoms with Crippen molar-refractivity contribution in [2.24, 2.45) is 10.9 Å². The largest absolute Gasteiger partial charge is 0.409 e. The molecular weight excluding hydrogens is 258 g/mol. The van der Waals surface area contributed by atoms with E-state index >= 15 is 0 Å². The van der Waals surface area contributed by atoms with Gasteiger partial charge in [-0.25, -0.2) is 0 Å². The first-order valence-electron chi connectivity index (χ1n) is 6.38. The van der Waals surface area contributed by atoms with E-state index in [2.05, 4.69) is 5.16 Å².